The Labute approximate surface area is 53.9 Å². The first-order valence-electron chi connectivity index (χ1n) is 3.49. The molecule has 1 radical (unpaired) electrons. The summed E-state index contributed by atoms with van der Waals surface area (Å²) in [6.45, 7) is 8.92. The molecule has 0 saturated heterocycles. The molecule has 0 aromatic carbocycles. The fourth-order valence-electron chi connectivity index (χ4n) is 0.658. The molecule has 0 aliphatic carbocycles. The Hall–Kier alpha value is 0.0649. The molecule has 0 aliphatic heterocycles. The molecule has 0 bridgehead atoms. The summed E-state index contributed by atoms with van der Waals surface area (Å²) in [6, 6.07) is 0. The van der Waals surface area contributed by atoms with Crippen LogP contribution in [0.15, 0.2) is 0 Å². The van der Waals surface area contributed by atoms with E-state index in [2.05, 4.69) is 34.9 Å². The van der Waals surface area contributed by atoms with Crippen molar-refractivity contribution < 1.29 is 0 Å². The second-order valence-corrected chi connectivity index (χ2v) is 2.65. The zero-order valence-electron chi connectivity index (χ0n) is 6.49. The van der Waals surface area contributed by atoms with Gasteiger partial charge in [-0.2, -0.15) is 0 Å². The monoisotopic (exact) mass is 111 g/mol. The van der Waals surface area contributed by atoms with Crippen LogP contribution in [0.25, 0.3) is 0 Å². The minimum atomic E-state index is 0.500. The van der Waals surface area contributed by atoms with E-state index in [9.17, 15) is 0 Å². The highest BCUT2D eigenvalue weighted by atomic mass is 14.1. The fourth-order valence-corrected chi connectivity index (χ4v) is 0.658. The largest absolute Gasteiger partial charge is 0.114 e. The van der Waals surface area contributed by atoms with Crippen LogP contribution in [0.2, 0.25) is 12.1 Å². The van der Waals surface area contributed by atoms with Gasteiger partial charge in [-0.3, -0.25) is 0 Å². The molecule has 0 N–H and O–H groups in total. The van der Waals surface area contributed by atoms with Crippen molar-refractivity contribution in [2.75, 3.05) is 0 Å². The maximum atomic E-state index is 2.30. The molecule has 0 rings (SSSR count). The summed E-state index contributed by atoms with van der Waals surface area (Å²) in [4.78, 5) is 0. The zero-order chi connectivity index (χ0) is 6.62. The van der Waals surface area contributed by atoms with E-state index in [1.54, 1.807) is 0 Å². The molecule has 0 spiro atoms. The summed E-state index contributed by atoms with van der Waals surface area (Å²) in [7, 11) is 2.30. The van der Waals surface area contributed by atoms with E-state index in [0.717, 1.165) is 0 Å². The first-order valence-corrected chi connectivity index (χ1v) is 3.49. The summed E-state index contributed by atoms with van der Waals surface area (Å²) in [5.74, 6) is 0. The van der Waals surface area contributed by atoms with Crippen molar-refractivity contribution >= 4 is 7.28 Å². The van der Waals surface area contributed by atoms with Crippen molar-refractivity contribution in [1.82, 2.24) is 0 Å². The normalized spacial score (nSPS) is 11.5. The second kappa shape index (κ2) is 3.16. The lowest BCUT2D eigenvalue weighted by Gasteiger charge is -2.23. The van der Waals surface area contributed by atoms with Crippen molar-refractivity contribution in [3.8, 4) is 0 Å². The van der Waals surface area contributed by atoms with Crippen molar-refractivity contribution in [3.63, 3.8) is 0 Å². The van der Waals surface area contributed by atoms with Crippen LogP contribution in [-0.2, 0) is 0 Å². The van der Waals surface area contributed by atoms with Crippen LogP contribution in [-0.4, -0.2) is 7.28 Å². The maximum Gasteiger partial charge on any atom is 0.114 e. The van der Waals surface area contributed by atoms with E-state index in [4.69, 9.17) is 0 Å². The van der Waals surface area contributed by atoms with Gasteiger partial charge < -0.3 is 0 Å². The molecule has 0 heterocycles. The van der Waals surface area contributed by atoms with Crippen LogP contribution in [0.5, 0.6) is 0 Å². The summed E-state index contributed by atoms with van der Waals surface area (Å²) < 4.78 is 0. The summed E-state index contributed by atoms with van der Waals surface area (Å²) in [5, 5.41) is 0.500. The third-order valence-electron chi connectivity index (χ3n) is 2.31. The zero-order valence-corrected chi connectivity index (χ0v) is 6.49. The van der Waals surface area contributed by atoms with E-state index in [-0.39, 0.29) is 0 Å². The van der Waals surface area contributed by atoms with E-state index in [1.165, 1.54) is 12.8 Å². The molecule has 1 heteroatoms. The van der Waals surface area contributed by atoms with Gasteiger partial charge >= 0.3 is 0 Å². The highest BCUT2D eigenvalue weighted by Crippen LogP contribution is 2.31. The minimum absolute atomic E-state index is 0.500. The molecule has 0 atom stereocenters. The van der Waals surface area contributed by atoms with Gasteiger partial charge in [-0.1, -0.05) is 45.8 Å². The van der Waals surface area contributed by atoms with Gasteiger partial charge in [-0.25, -0.2) is 0 Å². The van der Waals surface area contributed by atoms with E-state index in [0.29, 0.717) is 5.31 Å². The predicted octanol–water partition coefficient (Wildman–Crippen LogP) is 2.74. The van der Waals surface area contributed by atoms with Gasteiger partial charge in [0.2, 0.25) is 0 Å². The Kier molecular flexibility index (Phi) is 3.19. The molecule has 0 saturated carbocycles. The Morgan fingerprint density at radius 2 is 1.62 bits per heavy atom. The standard InChI is InChI=1S/C7H16B/c1-5-7(3,6-2)8-4/h5-6H2,1-4H3. The molecule has 0 aromatic heterocycles. The Bertz CT molecular complexity index is 47.1. The fraction of sp³-hybridized carbons (Fsp3) is 1.00. The van der Waals surface area contributed by atoms with Crippen LogP contribution in [0.1, 0.15) is 33.6 Å². The Morgan fingerprint density at radius 1 is 1.25 bits per heavy atom. The quantitative estimate of drug-likeness (QED) is 0.491. The van der Waals surface area contributed by atoms with Crippen LogP contribution in [0.4, 0.5) is 0 Å². The lowest BCUT2D eigenvalue weighted by molar-refractivity contribution is 0.564. The van der Waals surface area contributed by atoms with Crippen LogP contribution >= 0.6 is 0 Å². The number of hydrogen-bond acceptors (Lipinski definition) is 0. The molecule has 47 valence electrons. The molecular formula is C7H16B. The van der Waals surface area contributed by atoms with Gasteiger partial charge in [0.05, 0.1) is 0 Å². The highest BCUT2D eigenvalue weighted by molar-refractivity contribution is 6.38. The first kappa shape index (κ1) is 8.06. The lowest BCUT2D eigenvalue weighted by atomic mass is 9.52. The Morgan fingerprint density at radius 3 is 1.62 bits per heavy atom. The molecule has 0 unspecified atom stereocenters. The van der Waals surface area contributed by atoms with Gasteiger partial charge in [0.1, 0.15) is 7.28 Å². The third-order valence-corrected chi connectivity index (χ3v) is 2.31. The number of rotatable bonds is 3. The highest BCUT2D eigenvalue weighted by Gasteiger charge is 2.16. The predicted molar refractivity (Wildman–Crippen MR) is 40.6 cm³/mol. The first-order chi connectivity index (χ1) is 3.68. The van der Waals surface area contributed by atoms with Crippen LogP contribution in [0.3, 0.4) is 0 Å². The summed E-state index contributed by atoms with van der Waals surface area (Å²) in [6.07, 6.45) is 2.53. The second-order valence-electron chi connectivity index (χ2n) is 2.65. The maximum absolute atomic E-state index is 2.30. The topological polar surface area (TPSA) is 0 Å². The smallest absolute Gasteiger partial charge is 0.0914 e. The van der Waals surface area contributed by atoms with E-state index >= 15 is 0 Å². The van der Waals surface area contributed by atoms with Gasteiger partial charge in [0, 0.05) is 0 Å². The molecule has 0 fully saturated rings. The van der Waals surface area contributed by atoms with Crippen molar-refractivity contribution in [2.45, 2.75) is 45.8 Å². The van der Waals surface area contributed by atoms with Crippen molar-refractivity contribution in [3.05, 3.63) is 0 Å². The van der Waals surface area contributed by atoms with Crippen LogP contribution in [0, 0.1) is 0 Å². The average Bonchev–Trinajstić information content (AvgIpc) is 1.87. The number of hydrogen-bond donors (Lipinski definition) is 0. The van der Waals surface area contributed by atoms with Gasteiger partial charge in [-0.15, -0.1) is 0 Å². The average molecular weight is 111 g/mol. The summed E-state index contributed by atoms with van der Waals surface area (Å²) >= 11 is 0. The third kappa shape index (κ3) is 1.89. The molecule has 8 heavy (non-hydrogen) atoms. The van der Waals surface area contributed by atoms with Crippen LogP contribution < -0.4 is 0 Å². The molecular weight excluding hydrogens is 94.9 g/mol. The molecule has 0 nitrogen and oxygen atoms in total. The van der Waals surface area contributed by atoms with Gasteiger partial charge in [0.25, 0.3) is 0 Å². The van der Waals surface area contributed by atoms with Gasteiger partial charge in [-0.05, 0) is 0 Å². The minimum Gasteiger partial charge on any atom is -0.0914 e. The lowest BCUT2D eigenvalue weighted by Crippen LogP contribution is -2.11. The molecule has 0 aromatic rings. The van der Waals surface area contributed by atoms with E-state index < -0.39 is 0 Å². The summed E-state index contributed by atoms with van der Waals surface area (Å²) in [5.41, 5.74) is 0. The Balaban J connectivity index is 3.58. The van der Waals surface area contributed by atoms with Gasteiger partial charge in [0.15, 0.2) is 0 Å². The van der Waals surface area contributed by atoms with E-state index in [1.807, 2.05) is 0 Å². The molecule has 0 aliphatic rings. The van der Waals surface area contributed by atoms with Crippen molar-refractivity contribution in [1.29, 1.82) is 0 Å². The SMILES string of the molecule is C[B]C(C)(CC)CC. The van der Waals surface area contributed by atoms with Crippen molar-refractivity contribution in [2.24, 2.45) is 0 Å². The molecule has 0 amide bonds.